The average Bonchev–Trinajstić information content (AvgIpc) is 3.04. The van der Waals surface area contributed by atoms with Crippen molar-refractivity contribution in [1.29, 1.82) is 0 Å². The predicted molar refractivity (Wildman–Crippen MR) is 92.8 cm³/mol. The smallest absolute Gasteiger partial charge is 0.318 e. The fraction of sp³-hybridized carbons (Fsp3) is 0.706. The standard InChI is InChI=1S/C17H27N3O2S/c1-3-23(22)15-7-4-6-14(12-15)18-17(21)20-11-10-19-9-5-8-16(19)13(20)2/h5,8-9,13-15H,3-4,6-7,10-12H2,1-2H3,(H,18,21). The minimum Gasteiger partial charge on any atom is -0.348 e. The van der Waals surface area contributed by atoms with Gasteiger partial charge in [-0.2, -0.15) is 0 Å². The zero-order valence-corrected chi connectivity index (χ0v) is 14.8. The Hall–Kier alpha value is -1.30. The van der Waals surface area contributed by atoms with Crippen LogP contribution >= 0.6 is 0 Å². The van der Waals surface area contributed by atoms with Gasteiger partial charge in [-0.15, -0.1) is 0 Å². The van der Waals surface area contributed by atoms with E-state index in [9.17, 15) is 9.00 Å². The van der Waals surface area contributed by atoms with Crippen molar-refractivity contribution in [2.24, 2.45) is 0 Å². The van der Waals surface area contributed by atoms with Gasteiger partial charge in [0, 0.05) is 52.8 Å². The Morgan fingerprint density at radius 3 is 3.00 bits per heavy atom. The first-order valence-corrected chi connectivity index (χ1v) is 10.1. The number of rotatable bonds is 3. The minimum atomic E-state index is -0.753. The van der Waals surface area contributed by atoms with Gasteiger partial charge in [0.15, 0.2) is 0 Å². The maximum absolute atomic E-state index is 12.7. The largest absolute Gasteiger partial charge is 0.348 e. The number of nitrogens with one attached hydrogen (secondary N) is 1. The molecule has 6 heteroatoms. The molecule has 1 saturated carbocycles. The fourth-order valence-corrected chi connectivity index (χ4v) is 5.21. The normalized spacial score (nSPS) is 29.0. The number of carbonyl (C=O) groups excluding carboxylic acids is 1. The number of urea groups is 1. The van der Waals surface area contributed by atoms with E-state index in [0.29, 0.717) is 5.75 Å². The number of amides is 2. The molecule has 5 nitrogen and oxygen atoms in total. The van der Waals surface area contributed by atoms with E-state index in [1.165, 1.54) is 5.69 Å². The van der Waals surface area contributed by atoms with Crippen molar-refractivity contribution in [3.05, 3.63) is 24.0 Å². The molecule has 1 aliphatic heterocycles. The van der Waals surface area contributed by atoms with Crippen LogP contribution in [0.3, 0.4) is 0 Å². The van der Waals surface area contributed by atoms with Crippen LogP contribution in [0.4, 0.5) is 4.79 Å². The van der Waals surface area contributed by atoms with E-state index in [-0.39, 0.29) is 23.4 Å². The maximum atomic E-state index is 12.7. The van der Waals surface area contributed by atoms with Crippen LogP contribution in [0.1, 0.15) is 51.3 Å². The first-order chi connectivity index (χ1) is 11.1. The Kier molecular flexibility index (Phi) is 5.09. The summed E-state index contributed by atoms with van der Waals surface area (Å²) in [6.07, 6.45) is 6.01. The van der Waals surface area contributed by atoms with Crippen LogP contribution in [0.5, 0.6) is 0 Å². The summed E-state index contributed by atoms with van der Waals surface area (Å²) in [5, 5.41) is 3.44. The monoisotopic (exact) mass is 337 g/mol. The van der Waals surface area contributed by atoms with E-state index in [2.05, 4.69) is 29.1 Å². The molecule has 0 saturated heterocycles. The van der Waals surface area contributed by atoms with Crippen LogP contribution in [0.25, 0.3) is 0 Å². The average molecular weight is 337 g/mol. The SMILES string of the molecule is CCS(=O)C1CCCC(NC(=O)N2CCn3cccc3C2C)C1. The Morgan fingerprint density at radius 1 is 1.39 bits per heavy atom. The Labute approximate surface area is 140 Å². The summed E-state index contributed by atoms with van der Waals surface area (Å²) in [6, 6.07) is 4.42. The summed E-state index contributed by atoms with van der Waals surface area (Å²) >= 11 is 0. The van der Waals surface area contributed by atoms with Crippen molar-refractivity contribution < 1.29 is 9.00 Å². The molecule has 1 fully saturated rings. The van der Waals surface area contributed by atoms with E-state index in [1.54, 1.807) is 0 Å². The molecule has 1 aromatic heterocycles. The number of hydrogen-bond acceptors (Lipinski definition) is 2. The van der Waals surface area contributed by atoms with Gasteiger partial charge in [0.2, 0.25) is 0 Å². The molecule has 0 spiro atoms. The predicted octanol–water partition coefficient (Wildman–Crippen LogP) is 2.65. The van der Waals surface area contributed by atoms with E-state index >= 15 is 0 Å². The molecule has 2 aliphatic rings. The summed E-state index contributed by atoms with van der Waals surface area (Å²) in [7, 11) is -0.753. The lowest BCUT2D eigenvalue weighted by molar-refractivity contribution is 0.156. The van der Waals surface area contributed by atoms with Crippen LogP contribution in [0.2, 0.25) is 0 Å². The highest BCUT2D eigenvalue weighted by Gasteiger charge is 2.31. The highest BCUT2D eigenvalue weighted by molar-refractivity contribution is 7.85. The van der Waals surface area contributed by atoms with E-state index in [0.717, 1.165) is 38.8 Å². The molecule has 4 atom stereocenters. The second-order valence-electron chi connectivity index (χ2n) is 6.60. The Bertz CT molecular complexity index is 586. The van der Waals surface area contributed by atoms with E-state index in [1.807, 2.05) is 17.9 Å². The summed E-state index contributed by atoms with van der Waals surface area (Å²) in [6.45, 7) is 5.65. The fourth-order valence-electron chi connectivity index (χ4n) is 3.86. The zero-order valence-electron chi connectivity index (χ0n) is 14.0. The minimum absolute atomic E-state index is 0.0258. The van der Waals surface area contributed by atoms with Crippen molar-refractivity contribution in [2.45, 2.75) is 63.4 Å². The number of nitrogens with zero attached hydrogens (tertiary/aromatic N) is 2. The molecular weight excluding hydrogens is 310 g/mol. The molecule has 1 aliphatic carbocycles. The van der Waals surface area contributed by atoms with Gasteiger partial charge in [0.25, 0.3) is 0 Å². The van der Waals surface area contributed by atoms with Gasteiger partial charge < -0.3 is 14.8 Å². The molecule has 1 N–H and O–H groups in total. The second kappa shape index (κ2) is 7.07. The van der Waals surface area contributed by atoms with Crippen molar-refractivity contribution >= 4 is 16.8 Å². The Balaban J connectivity index is 1.60. The second-order valence-corrected chi connectivity index (χ2v) is 8.61. The van der Waals surface area contributed by atoms with Crippen molar-refractivity contribution in [2.75, 3.05) is 12.3 Å². The summed E-state index contributed by atoms with van der Waals surface area (Å²) in [4.78, 5) is 14.6. The van der Waals surface area contributed by atoms with Gasteiger partial charge in [-0.1, -0.05) is 13.3 Å². The van der Waals surface area contributed by atoms with Gasteiger partial charge in [-0.3, -0.25) is 4.21 Å². The summed E-state index contributed by atoms with van der Waals surface area (Å²) < 4.78 is 14.3. The first kappa shape index (κ1) is 16.6. The molecule has 23 heavy (non-hydrogen) atoms. The maximum Gasteiger partial charge on any atom is 0.318 e. The molecule has 3 rings (SSSR count). The van der Waals surface area contributed by atoms with Crippen LogP contribution in [-0.2, 0) is 17.3 Å². The van der Waals surface area contributed by atoms with Crippen LogP contribution in [0, 0.1) is 0 Å². The first-order valence-electron chi connectivity index (χ1n) is 8.69. The van der Waals surface area contributed by atoms with Crippen molar-refractivity contribution in [1.82, 2.24) is 14.8 Å². The van der Waals surface area contributed by atoms with Gasteiger partial charge in [0.05, 0.1) is 6.04 Å². The van der Waals surface area contributed by atoms with Crippen LogP contribution < -0.4 is 5.32 Å². The summed E-state index contributed by atoms with van der Waals surface area (Å²) in [5.74, 6) is 0.714. The van der Waals surface area contributed by atoms with Crippen molar-refractivity contribution in [3.8, 4) is 0 Å². The number of fused-ring (bicyclic) bond motifs is 1. The molecule has 2 amide bonds. The van der Waals surface area contributed by atoms with Gasteiger partial charge in [0.1, 0.15) is 0 Å². The van der Waals surface area contributed by atoms with Crippen LogP contribution in [-0.4, -0.2) is 43.3 Å². The lowest BCUT2D eigenvalue weighted by Gasteiger charge is -2.37. The molecule has 128 valence electrons. The van der Waals surface area contributed by atoms with Gasteiger partial charge in [-0.25, -0.2) is 4.79 Å². The third kappa shape index (κ3) is 3.47. The highest BCUT2D eigenvalue weighted by atomic mass is 32.2. The lowest BCUT2D eigenvalue weighted by Crippen LogP contribution is -2.50. The number of carbonyl (C=O) groups is 1. The molecule has 1 aromatic rings. The zero-order chi connectivity index (χ0) is 16.4. The molecule has 0 bridgehead atoms. The third-order valence-corrected chi connectivity index (χ3v) is 6.95. The topological polar surface area (TPSA) is 54.3 Å². The molecule has 4 unspecified atom stereocenters. The van der Waals surface area contributed by atoms with Gasteiger partial charge in [-0.05, 0) is 38.3 Å². The van der Waals surface area contributed by atoms with E-state index < -0.39 is 10.8 Å². The van der Waals surface area contributed by atoms with Crippen LogP contribution in [0.15, 0.2) is 18.3 Å². The highest BCUT2D eigenvalue weighted by Crippen LogP contribution is 2.27. The summed E-state index contributed by atoms with van der Waals surface area (Å²) in [5.41, 5.74) is 1.19. The third-order valence-electron chi connectivity index (χ3n) is 5.21. The number of hydrogen-bond donors (Lipinski definition) is 1. The molecule has 0 radical (unpaired) electrons. The lowest BCUT2D eigenvalue weighted by atomic mass is 9.95. The van der Waals surface area contributed by atoms with Gasteiger partial charge >= 0.3 is 6.03 Å². The Morgan fingerprint density at radius 2 is 2.22 bits per heavy atom. The molecular formula is C17H27N3O2S. The van der Waals surface area contributed by atoms with Crippen molar-refractivity contribution in [3.63, 3.8) is 0 Å². The molecule has 0 aromatic carbocycles. The number of aromatic nitrogens is 1. The quantitative estimate of drug-likeness (QED) is 0.922. The molecule has 2 heterocycles. The van der Waals surface area contributed by atoms with E-state index in [4.69, 9.17) is 0 Å².